The number of aliphatic imine (C=N–C) groups is 1. The average Bonchev–Trinajstić information content (AvgIpc) is 2.95. The van der Waals surface area contributed by atoms with Crippen molar-refractivity contribution in [3.8, 4) is 0 Å². The smallest absolute Gasteiger partial charge is 0.220 e. The lowest BCUT2D eigenvalue weighted by Gasteiger charge is -2.29. The van der Waals surface area contributed by atoms with Crippen LogP contribution in [0.15, 0.2) is 4.99 Å². The summed E-state index contributed by atoms with van der Waals surface area (Å²) in [7, 11) is -2.86. The van der Waals surface area contributed by atoms with Crippen molar-refractivity contribution in [1.82, 2.24) is 16.0 Å². The predicted molar refractivity (Wildman–Crippen MR) is 98.2 cm³/mol. The van der Waals surface area contributed by atoms with Gasteiger partial charge in [0.15, 0.2) is 15.8 Å². The minimum atomic E-state index is -2.86. The van der Waals surface area contributed by atoms with Gasteiger partial charge < -0.3 is 16.0 Å². The summed E-state index contributed by atoms with van der Waals surface area (Å²) in [4.78, 5) is 16.0. The number of guanidine groups is 1. The SMILES string of the molecule is O=C1CCC(NC(=NCC2CCS(=O)(=O)C2)NC2CCCCC2)CN1. The molecule has 0 spiro atoms. The Balaban J connectivity index is 1.58. The van der Waals surface area contributed by atoms with Crippen LogP contribution in [-0.2, 0) is 14.6 Å². The summed E-state index contributed by atoms with van der Waals surface area (Å²) in [6.45, 7) is 1.16. The molecule has 8 heteroatoms. The maximum absolute atomic E-state index is 11.6. The normalized spacial score (nSPS) is 30.7. The van der Waals surface area contributed by atoms with Crippen molar-refractivity contribution < 1.29 is 13.2 Å². The number of hydrogen-bond acceptors (Lipinski definition) is 4. The van der Waals surface area contributed by atoms with Crippen molar-refractivity contribution in [2.45, 2.75) is 63.5 Å². The number of sulfone groups is 1. The monoisotopic (exact) mass is 370 g/mol. The molecule has 2 aliphatic heterocycles. The van der Waals surface area contributed by atoms with E-state index in [0.717, 1.165) is 25.2 Å². The topological polar surface area (TPSA) is 99.7 Å². The number of carbonyl (C=O) groups is 1. The Morgan fingerprint density at radius 1 is 1.08 bits per heavy atom. The predicted octanol–water partition coefficient (Wildman–Crippen LogP) is 0.568. The van der Waals surface area contributed by atoms with Crippen LogP contribution in [0.3, 0.4) is 0 Å². The van der Waals surface area contributed by atoms with Gasteiger partial charge >= 0.3 is 0 Å². The third kappa shape index (κ3) is 5.87. The van der Waals surface area contributed by atoms with Crippen molar-refractivity contribution >= 4 is 21.7 Å². The van der Waals surface area contributed by atoms with Crippen LogP contribution in [0.4, 0.5) is 0 Å². The number of nitrogens with one attached hydrogen (secondary N) is 3. The second-order valence-corrected chi connectivity index (χ2v) is 9.85. The zero-order valence-electron chi connectivity index (χ0n) is 14.8. The van der Waals surface area contributed by atoms with Crippen molar-refractivity contribution in [2.24, 2.45) is 10.9 Å². The van der Waals surface area contributed by atoms with Gasteiger partial charge in [-0.3, -0.25) is 9.79 Å². The Bertz CT molecular complexity index is 589. The Kier molecular flexibility index (Phi) is 6.19. The van der Waals surface area contributed by atoms with Crippen LogP contribution in [0.5, 0.6) is 0 Å². The molecule has 2 atom stereocenters. The molecule has 0 aromatic heterocycles. The van der Waals surface area contributed by atoms with Crippen LogP contribution in [0, 0.1) is 5.92 Å². The molecule has 0 aromatic carbocycles. The van der Waals surface area contributed by atoms with Crippen LogP contribution in [-0.4, -0.2) is 57.0 Å². The largest absolute Gasteiger partial charge is 0.354 e. The standard InChI is InChI=1S/C17H30N4O3S/c22-16-7-6-15(11-18-16)21-17(20-14-4-2-1-3-5-14)19-10-13-8-9-25(23,24)12-13/h13-15H,1-12H2,(H,18,22)(H2,19,20,21). The molecule has 2 heterocycles. The molecule has 0 aromatic rings. The fourth-order valence-corrected chi connectivity index (χ4v) is 5.71. The van der Waals surface area contributed by atoms with Crippen molar-refractivity contribution in [1.29, 1.82) is 0 Å². The van der Waals surface area contributed by atoms with Gasteiger partial charge in [-0.2, -0.15) is 0 Å². The number of rotatable bonds is 4. The van der Waals surface area contributed by atoms with Gasteiger partial charge in [-0.1, -0.05) is 19.3 Å². The lowest BCUT2D eigenvalue weighted by atomic mass is 9.96. The molecule has 2 saturated heterocycles. The Morgan fingerprint density at radius 3 is 2.48 bits per heavy atom. The quantitative estimate of drug-likeness (QED) is 0.496. The van der Waals surface area contributed by atoms with E-state index in [-0.39, 0.29) is 23.6 Å². The number of amides is 1. The van der Waals surface area contributed by atoms with E-state index in [1.165, 1.54) is 19.3 Å². The third-order valence-corrected chi connectivity index (χ3v) is 7.22. The molecule has 1 saturated carbocycles. The van der Waals surface area contributed by atoms with E-state index in [9.17, 15) is 13.2 Å². The summed E-state index contributed by atoms with van der Waals surface area (Å²) in [6, 6.07) is 0.616. The Morgan fingerprint density at radius 2 is 1.84 bits per heavy atom. The second-order valence-electron chi connectivity index (χ2n) is 7.62. The minimum absolute atomic E-state index is 0.105. The highest BCUT2D eigenvalue weighted by Crippen LogP contribution is 2.19. The molecule has 1 aliphatic carbocycles. The summed E-state index contributed by atoms with van der Waals surface area (Å²) in [6.07, 6.45) is 8.13. The van der Waals surface area contributed by atoms with Crippen LogP contribution >= 0.6 is 0 Å². The van der Waals surface area contributed by atoms with Gasteiger partial charge in [-0.25, -0.2) is 8.42 Å². The number of nitrogens with zero attached hydrogens (tertiary/aromatic N) is 1. The summed E-state index contributed by atoms with van der Waals surface area (Å²) < 4.78 is 23.3. The van der Waals surface area contributed by atoms with E-state index in [1.54, 1.807) is 0 Å². The molecule has 1 amide bonds. The maximum Gasteiger partial charge on any atom is 0.220 e. The van der Waals surface area contributed by atoms with E-state index < -0.39 is 9.84 Å². The highest BCUT2D eigenvalue weighted by atomic mass is 32.2. The molecule has 3 N–H and O–H groups in total. The molecular formula is C17H30N4O3S. The van der Waals surface area contributed by atoms with Gasteiger partial charge in [-0.05, 0) is 31.6 Å². The molecule has 0 radical (unpaired) electrons. The van der Waals surface area contributed by atoms with E-state index in [4.69, 9.17) is 4.99 Å². The zero-order valence-corrected chi connectivity index (χ0v) is 15.6. The first-order chi connectivity index (χ1) is 12.0. The highest BCUT2D eigenvalue weighted by Gasteiger charge is 2.28. The summed E-state index contributed by atoms with van der Waals surface area (Å²) >= 11 is 0. The zero-order chi connectivity index (χ0) is 17.7. The third-order valence-electron chi connectivity index (χ3n) is 5.39. The van der Waals surface area contributed by atoms with E-state index in [1.807, 2.05) is 0 Å². The molecular weight excluding hydrogens is 340 g/mol. The number of carbonyl (C=O) groups excluding carboxylic acids is 1. The molecule has 3 aliphatic rings. The Hall–Kier alpha value is -1.31. The summed E-state index contributed by atoms with van der Waals surface area (Å²) in [5.74, 6) is 1.55. The van der Waals surface area contributed by atoms with Gasteiger partial charge in [0.1, 0.15) is 0 Å². The van der Waals surface area contributed by atoms with Gasteiger partial charge in [-0.15, -0.1) is 0 Å². The van der Waals surface area contributed by atoms with Gasteiger partial charge in [0, 0.05) is 31.6 Å². The first kappa shape index (κ1) is 18.5. The second kappa shape index (κ2) is 8.38. The lowest BCUT2D eigenvalue weighted by Crippen LogP contribution is -2.53. The summed E-state index contributed by atoms with van der Waals surface area (Å²) in [5, 5.41) is 9.86. The fourth-order valence-electron chi connectivity index (χ4n) is 3.86. The van der Waals surface area contributed by atoms with Crippen LogP contribution < -0.4 is 16.0 Å². The maximum atomic E-state index is 11.6. The van der Waals surface area contributed by atoms with Crippen molar-refractivity contribution in [3.63, 3.8) is 0 Å². The van der Waals surface area contributed by atoms with Crippen molar-refractivity contribution in [3.05, 3.63) is 0 Å². The molecule has 25 heavy (non-hydrogen) atoms. The average molecular weight is 371 g/mol. The number of piperidine rings is 1. The van der Waals surface area contributed by atoms with Gasteiger partial charge in [0.25, 0.3) is 0 Å². The van der Waals surface area contributed by atoms with E-state index >= 15 is 0 Å². The van der Waals surface area contributed by atoms with Gasteiger partial charge in [0.05, 0.1) is 11.5 Å². The molecule has 2 unspecified atom stereocenters. The van der Waals surface area contributed by atoms with E-state index in [2.05, 4.69) is 16.0 Å². The van der Waals surface area contributed by atoms with Crippen LogP contribution in [0.2, 0.25) is 0 Å². The first-order valence-electron chi connectivity index (χ1n) is 9.55. The lowest BCUT2D eigenvalue weighted by molar-refractivity contribution is -0.122. The van der Waals surface area contributed by atoms with Crippen LogP contribution in [0.1, 0.15) is 51.4 Å². The molecule has 142 valence electrons. The molecule has 7 nitrogen and oxygen atoms in total. The van der Waals surface area contributed by atoms with E-state index in [0.29, 0.717) is 37.7 Å². The minimum Gasteiger partial charge on any atom is -0.354 e. The first-order valence-corrected chi connectivity index (χ1v) is 11.4. The Labute approximate surface area is 150 Å². The molecule has 3 rings (SSSR count). The molecule has 3 fully saturated rings. The fraction of sp³-hybridized carbons (Fsp3) is 0.882. The highest BCUT2D eigenvalue weighted by molar-refractivity contribution is 7.91. The molecule has 0 bridgehead atoms. The number of hydrogen-bond donors (Lipinski definition) is 3. The van der Waals surface area contributed by atoms with Crippen LogP contribution in [0.25, 0.3) is 0 Å². The summed E-state index contributed by atoms with van der Waals surface area (Å²) in [5.41, 5.74) is 0. The van der Waals surface area contributed by atoms with Crippen molar-refractivity contribution in [2.75, 3.05) is 24.6 Å². The van der Waals surface area contributed by atoms with Gasteiger partial charge in [0.2, 0.25) is 5.91 Å².